The van der Waals surface area contributed by atoms with Gasteiger partial charge in [-0.25, -0.2) is 9.59 Å². The second kappa shape index (κ2) is 7.83. The Hall–Kier alpha value is -1.55. The lowest BCUT2D eigenvalue weighted by atomic mass is 9.88. The smallest absolute Gasteiger partial charge is 0.410 e. The van der Waals surface area contributed by atoms with E-state index in [1.165, 1.54) is 16.9 Å². The van der Waals surface area contributed by atoms with Crippen molar-refractivity contribution in [3.63, 3.8) is 0 Å². The Morgan fingerprint density at radius 3 is 2.26 bits per heavy atom. The highest BCUT2D eigenvalue weighted by Crippen LogP contribution is 2.34. The zero-order valence-electron chi connectivity index (χ0n) is 16.1. The van der Waals surface area contributed by atoms with Gasteiger partial charge in [0.05, 0.1) is 19.3 Å². The van der Waals surface area contributed by atoms with E-state index in [0.717, 1.165) is 0 Å². The largest absolute Gasteiger partial charge is 0.467 e. The third-order valence-corrected chi connectivity index (χ3v) is 4.52. The van der Waals surface area contributed by atoms with Gasteiger partial charge in [0.1, 0.15) is 5.60 Å². The molecule has 0 saturated carbocycles. The monoisotopic (exact) mass is 396 g/mol. The van der Waals surface area contributed by atoms with E-state index in [0.29, 0.717) is 12.8 Å². The van der Waals surface area contributed by atoms with Crippen LogP contribution in [0.25, 0.3) is 0 Å². The average molecular weight is 396 g/mol. The van der Waals surface area contributed by atoms with Crippen LogP contribution < -0.4 is 0 Å². The predicted octanol–water partition coefficient (Wildman–Crippen LogP) is 2.19. The number of likely N-dealkylation sites (tertiary alicyclic amines) is 1. The molecule has 10 heteroatoms. The minimum absolute atomic E-state index is 0.0438. The van der Waals surface area contributed by atoms with Gasteiger partial charge in [-0.15, -0.1) is 0 Å². The van der Waals surface area contributed by atoms with Crippen LogP contribution in [0.2, 0.25) is 0 Å². The summed E-state index contributed by atoms with van der Waals surface area (Å²) in [6, 6.07) is 0. The number of piperidine rings is 1. The number of hydrogen-bond acceptors (Lipinski definition) is 6. The van der Waals surface area contributed by atoms with E-state index in [1.807, 2.05) is 0 Å². The van der Waals surface area contributed by atoms with Crippen LogP contribution in [0.1, 0.15) is 33.6 Å². The third kappa shape index (κ3) is 6.24. The molecule has 2 fully saturated rings. The maximum Gasteiger partial charge on any atom is 0.410 e. The highest BCUT2D eigenvalue weighted by Gasteiger charge is 2.48. The topological polar surface area (TPSA) is 68.3 Å². The maximum absolute atomic E-state index is 12.9. The lowest BCUT2D eigenvalue weighted by Gasteiger charge is -2.49. The number of nitrogens with zero attached hydrogens (tertiary/aromatic N) is 2. The quantitative estimate of drug-likeness (QED) is 0.667. The molecular weight excluding hydrogens is 369 g/mol. The molecule has 1 atom stereocenters. The number of morpholine rings is 1. The molecule has 0 aromatic rings. The van der Waals surface area contributed by atoms with Crippen molar-refractivity contribution in [3.8, 4) is 0 Å². The summed E-state index contributed by atoms with van der Waals surface area (Å²) in [5.74, 6) is -0.698. The standard InChI is InChI=1S/C17H27F3N2O5/c1-15(2,3)27-14(24)22-7-5-16(6-8-22)10-21(11-17(18,19)20)9-12(26-16)13(23)25-4/h12H,5-11H2,1-4H3. The number of esters is 1. The fourth-order valence-corrected chi connectivity index (χ4v) is 3.41. The number of amides is 1. The van der Waals surface area contributed by atoms with Crippen molar-refractivity contribution in [2.45, 2.75) is 57.1 Å². The number of rotatable bonds is 2. The minimum Gasteiger partial charge on any atom is -0.467 e. The lowest BCUT2D eigenvalue weighted by molar-refractivity contribution is -0.214. The molecule has 1 unspecified atom stereocenters. The molecule has 2 aliphatic heterocycles. The summed E-state index contributed by atoms with van der Waals surface area (Å²) in [6.07, 6.45) is -5.30. The van der Waals surface area contributed by atoms with Gasteiger partial charge in [0.15, 0.2) is 6.10 Å². The Bertz CT molecular complexity index is 554. The molecule has 0 bridgehead atoms. The first kappa shape index (κ1) is 21.7. The van der Waals surface area contributed by atoms with Crippen molar-refractivity contribution in [3.05, 3.63) is 0 Å². The van der Waals surface area contributed by atoms with Crippen LogP contribution in [0, 0.1) is 0 Å². The number of alkyl halides is 3. The second-order valence-electron chi connectivity index (χ2n) is 8.06. The minimum atomic E-state index is -4.38. The lowest BCUT2D eigenvalue weighted by Crippen LogP contribution is -2.62. The summed E-state index contributed by atoms with van der Waals surface area (Å²) in [4.78, 5) is 26.8. The van der Waals surface area contributed by atoms with E-state index >= 15 is 0 Å². The first-order valence-electron chi connectivity index (χ1n) is 8.85. The van der Waals surface area contributed by atoms with Crippen LogP contribution in [-0.4, -0.2) is 85.2 Å². The Kier molecular flexibility index (Phi) is 6.30. The number of halogens is 3. The summed E-state index contributed by atoms with van der Waals surface area (Å²) in [7, 11) is 1.17. The van der Waals surface area contributed by atoms with Crippen LogP contribution in [0.15, 0.2) is 0 Å². The van der Waals surface area contributed by atoms with Gasteiger partial charge in [0.25, 0.3) is 0 Å². The first-order chi connectivity index (χ1) is 12.3. The third-order valence-electron chi connectivity index (χ3n) is 4.52. The molecule has 0 N–H and O–H groups in total. The molecule has 7 nitrogen and oxygen atoms in total. The average Bonchev–Trinajstić information content (AvgIpc) is 2.51. The molecule has 27 heavy (non-hydrogen) atoms. The van der Waals surface area contributed by atoms with Gasteiger partial charge >= 0.3 is 18.2 Å². The molecule has 1 spiro atoms. The van der Waals surface area contributed by atoms with E-state index < -0.39 is 42.1 Å². The zero-order chi connectivity index (χ0) is 20.5. The van der Waals surface area contributed by atoms with Crippen molar-refractivity contribution < 1.29 is 37.0 Å². The van der Waals surface area contributed by atoms with Crippen LogP contribution in [0.5, 0.6) is 0 Å². The molecule has 0 aliphatic carbocycles. The Balaban J connectivity index is 2.06. The number of carbonyl (C=O) groups is 2. The van der Waals surface area contributed by atoms with Crippen molar-refractivity contribution in [1.82, 2.24) is 9.80 Å². The molecule has 0 radical (unpaired) electrons. The van der Waals surface area contributed by atoms with E-state index in [9.17, 15) is 22.8 Å². The molecule has 0 aromatic heterocycles. The number of ether oxygens (including phenoxy) is 3. The van der Waals surface area contributed by atoms with Crippen LogP contribution >= 0.6 is 0 Å². The van der Waals surface area contributed by atoms with E-state index in [1.54, 1.807) is 20.8 Å². The maximum atomic E-state index is 12.9. The normalized spacial score (nSPS) is 24.0. The van der Waals surface area contributed by atoms with Gasteiger partial charge < -0.3 is 19.1 Å². The highest BCUT2D eigenvalue weighted by atomic mass is 19.4. The molecule has 0 aromatic carbocycles. The zero-order valence-corrected chi connectivity index (χ0v) is 16.1. The molecule has 1 amide bonds. The van der Waals surface area contributed by atoms with Gasteiger partial charge in [0, 0.05) is 26.2 Å². The number of methoxy groups -OCH3 is 1. The van der Waals surface area contributed by atoms with Crippen LogP contribution in [-0.2, 0) is 19.0 Å². The summed E-state index contributed by atoms with van der Waals surface area (Å²) in [5.41, 5.74) is -1.56. The summed E-state index contributed by atoms with van der Waals surface area (Å²) < 4.78 is 54.5. The molecule has 2 rings (SSSR count). The molecule has 2 saturated heterocycles. The van der Waals surface area contributed by atoms with Gasteiger partial charge in [-0.3, -0.25) is 4.90 Å². The van der Waals surface area contributed by atoms with Crippen LogP contribution in [0.3, 0.4) is 0 Å². The second-order valence-corrected chi connectivity index (χ2v) is 8.06. The molecule has 2 aliphatic rings. The van der Waals surface area contributed by atoms with Gasteiger partial charge in [-0.2, -0.15) is 13.2 Å². The molecule has 2 heterocycles. The predicted molar refractivity (Wildman–Crippen MR) is 89.2 cm³/mol. The molecule has 156 valence electrons. The summed E-state index contributed by atoms with van der Waals surface area (Å²) in [6.45, 7) is 4.59. The SMILES string of the molecule is COC(=O)C1CN(CC(F)(F)F)CC2(CCN(C(=O)OC(C)(C)C)CC2)O1. The fraction of sp³-hybridized carbons (Fsp3) is 0.882. The van der Waals surface area contributed by atoms with Crippen molar-refractivity contribution in [2.24, 2.45) is 0 Å². The van der Waals surface area contributed by atoms with Crippen molar-refractivity contribution in [2.75, 3.05) is 39.8 Å². The Labute approximate surface area is 156 Å². The first-order valence-corrected chi connectivity index (χ1v) is 8.85. The molecular formula is C17H27F3N2O5. The van der Waals surface area contributed by atoms with Crippen LogP contribution in [0.4, 0.5) is 18.0 Å². The van der Waals surface area contributed by atoms with E-state index in [-0.39, 0.29) is 26.2 Å². The van der Waals surface area contributed by atoms with Gasteiger partial charge in [-0.1, -0.05) is 0 Å². The Morgan fingerprint density at radius 2 is 1.78 bits per heavy atom. The van der Waals surface area contributed by atoms with Gasteiger partial charge in [0.2, 0.25) is 0 Å². The van der Waals surface area contributed by atoms with E-state index in [4.69, 9.17) is 9.47 Å². The summed E-state index contributed by atoms with van der Waals surface area (Å²) in [5, 5.41) is 0. The van der Waals surface area contributed by atoms with E-state index in [2.05, 4.69) is 4.74 Å². The fourth-order valence-electron chi connectivity index (χ4n) is 3.41. The number of carbonyl (C=O) groups excluding carboxylic acids is 2. The number of hydrogen-bond donors (Lipinski definition) is 0. The van der Waals surface area contributed by atoms with Gasteiger partial charge in [-0.05, 0) is 33.6 Å². The highest BCUT2D eigenvalue weighted by molar-refractivity contribution is 5.75. The van der Waals surface area contributed by atoms with Crippen molar-refractivity contribution >= 4 is 12.1 Å². The Morgan fingerprint density at radius 1 is 1.19 bits per heavy atom. The van der Waals surface area contributed by atoms with Crippen molar-refractivity contribution in [1.29, 1.82) is 0 Å². The summed E-state index contributed by atoms with van der Waals surface area (Å²) >= 11 is 0.